The Kier molecular flexibility index (Phi) is 5.87. The molecule has 0 unspecified atom stereocenters. The summed E-state index contributed by atoms with van der Waals surface area (Å²) in [6.07, 6.45) is 2.88. The average molecular weight is 280 g/mol. The van der Waals surface area contributed by atoms with E-state index in [2.05, 4.69) is 46.4 Å². The number of nitrogens with zero attached hydrogens (tertiary/aromatic N) is 1. The Balaban J connectivity index is 1.99. The first-order valence-electron chi connectivity index (χ1n) is 5.62. The van der Waals surface area contributed by atoms with Crippen LogP contribution >= 0.6 is 27.7 Å². The standard InChI is InChI=1S/C11H22BrNS/c1-3-13(4-2)7-8-14-10-11(9-12)5-6-11/h3-10H2,1-2H3. The summed E-state index contributed by atoms with van der Waals surface area (Å²) in [5.41, 5.74) is 0.688. The number of alkyl halides is 1. The zero-order chi connectivity index (χ0) is 10.4. The maximum Gasteiger partial charge on any atom is 0.00958 e. The predicted octanol–water partition coefficient (Wildman–Crippen LogP) is 3.24. The third-order valence-corrected chi connectivity index (χ3v) is 5.57. The Morgan fingerprint density at radius 2 is 1.93 bits per heavy atom. The minimum Gasteiger partial charge on any atom is -0.303 e. The minimum absolute atomic E-state index is 0.688. The van der Waals surface area contributed by atoms with Crippen molar-refractivity contribution in [1.29, 1.82) is 0 Å². The highest BCUT2D eigenvalue weighted by Crippen LogP contribution is 2.49. The van der Waals surface area contributed by atoms with Gasteiger partial charge in [-0.25, -0.2) is 0 Å². The molecule has 0 saturated heterocycles. The first-order chi connectivity index (χ1) is 6.76. The van der Waals surface area contributed by atoms with Gasteiger partial charge in [-0.1, -0.05) is 29.8 Å². The van der Waals surface area contributed by atoms with E-state index in [1.165, 1.54) is 49.3 Å². The van der Waals surface area contributed by atoms with Gasteiger partial charge < -0.3 is 4.90 Å². The Labute approximate surface area is 101 Å². The Hall–Kier alpha value is 0.790. The molecule has 1 saturated carbocycles. The molecule has 0 aliphatic heterocycles. The molecule has 0 heterocycles. The van der Waals surface area contributed by atoms with E-state index in [1.807, 2.05) is 0 Å². The quantitative estimate of drug-likeness (QED) is 0.496. The third-order valence-electron chi connectivity index (χ3n) is 3.10. The molecule has 0 atom stereocenters. The summed E-state index contributed by atoms with van der Waals surface area (Å²) in [6.45, 7) is 8.14. The molecule has 0 aromatic heterocycles. The number of hydrogen-bond acceptors (Lipinski definition) is 2. The molecule has 14 heavy (non-hydrogen) atoms. The molecule has 0 aromatic rings. The summed E-state index contributed by atoms with van der Waals surface area (Å²) < 4.78 is 0. The molecule has 0 amide bonds. The van der Waals surface area contributed by atoms with Gasteiger partial charge in [-0.3, -0.25) is 0 Å². The van der Waals surface area contributed by atoms with Crippen molar-refractivity contribution in [1.82, 2.24) is 4.90 Å². The second-order valence-corrected chi connectivity index (χ2v) is 5.88. The topological polar surface area (TPSA) is 3.24 Å². The summed E-state index contributed by atoms with van der Waals surface area (Å²) in [5, 5.41) is 1.21. The van der Waals surface area contributed by atoms with E-state index in [9.17, 15) is 0 Å². The fourth-order valence-electron chi connectivity index (χ4n) is 1.52. The Bertz CT molecular complexity index is 155. The van der Waals surface area contributed by atoms with Gasteiger partial charge in [0.05, 0.1) is 0 Å². The van der Waals surface area contributed by atoms with Crippen molar-refractivity contribution in [3.8, 4) is 0 Å². The summed E-state index contributed by atoms with van der Waals surface area (Å²) in [5.74, 6) is 2.66. The fourth-order valence-corrected chi connectivity index (χ4v) is 3.89. The minimum atomic E-state index is 0.688. The third kappa shape index (κ3) is 4.11. The SMILES string of the molecule is CCN(CC)CCSCC1(CBr)CC1. The van der Waals surface area contributed by atoms with Crippen LogP contribution in [0.5, 0.6) is 0 Å². The molecule has 3 heteroatoms. The summed E-state index contributed by atoms with van der Waals surface area (Å²) >= 11 is 5.75. The van der Waals surface area contributed by atoms with E-state index in [-0.39, 0.29) is 0 Å². The molecule has 1 fully saturated rings. The Morgan fingerprint density at radius 1 is 1.29 bits per heavy atom. The zero-order valence-corrected chi connectivity index (χ0v) is 11.8. The second-order valence-electron chi connectivity index (χ2n) is 4.21. The molecule has 1 aliphatic carbocycles. The number of thioether (sulfide) groups is 1. The number of hydrogen-bond donors (Lipinski definition) is 0. The first kappa shape index (κ1) is 12.9. The highest BCUT2D eigenvalue weighted by Gasteiger charge is 2.40. The maximum atomic E-state index is 3.62. The van der Waals surface area contributed by atoms with Crippen LogP contribution in [0.1, 0.15) is 26.7 Å². The highest BCUT2D eigenvalue weighted by molar-refractivity contribution is 9.09. The molecule has 0 spiro atoms. The van der Waals surface area contributed by atoms with Gasteiger partial charge in [0.15, 0.2) is 0 Å². The van der Waals surface area contributed by atoms with Crippen LogP contribution in [-0.4, -0.2) is 41.4 Å². The summed E-state index contributed by atoms with van der Waals surface area (Å²) in [7, 11) is 0. The molecule has 84 valence electrons. The lowest BCUT2D eigenvalue weighted by Gasteiger charge is -2.18. The van der Waals surface area contributed by atoms with E-state index in [0.717, 1.165) is 0 Å². The summed E-state index contributed by atoms with van der Waals surface area (Å²) in [4.78, 5) is 2.50. The second kappa shape index (κ2) is 6.39. The van der Waals surface area contributed by atoms with Crippen LogP contribution in [0.2, 0.25) is 0 Å². The zero-order valence-electron chi connectivity index (χ0n) is 9.39. The van der Waals surface area contributed by atoms with Gasteiger partial charge in [0.25, 0.3) is 0 Å². The number of halogens is 1. The van der Waals surface area contributed by atoms with E-state index in [0.29, 0.717) is 5.41 Å². The lowest BCUT2D eigenvalue weighted by atomic mass is 10.2. The van der Waals surface area contributed by atoms with Crippen LogP contribution in [0, 0.1) is 5.41 Å². The normalized spacial score (nSPS) is 18.9. The lowest BCUT2D eigenvalue weighted by Crippen LogP contribution is -2.25. The van der Waals surface area contributed by atoms with Crippen LogP contribution in [0.15, 0.2) is 0 Å². The monoisotopic (exact) mass is 279 g/mol. The van der Waals surface area contributed by atoms with Crippen molar-refractivity contribution < 1.29 is 0 Å². The van der Waals surface area contributed by atoms with Crippen molar-refractivity contribution in [3.05, 3.63) is 0 Å². The molecule has 1 rings (SSSR count). The van der Waals surface area contributed by atoms with Gasteiger partial charge in [-0.2, -0.15) is 11.8 Å². The molecule has 1 aliphatic rings. The maximum absolute atomic E-state index is 3.62. The van der Waals surface area contributed by atoms with Gasteiger partial charge in [0.2, 0.25) is 0 Å². The van der Waals surface area contributed by atoms with Gasteiger partial charge in [-0.15, -0.1) is 0 Å². The summed E-state index contributed by atoms with van der Waals surface area (Å²) in [6, 6.07) is 0. The van der Waals surface area contributed by atoms with Crippen molar-refractivity contribution in [3.63, 3.8) is 0 Å². The molecule has 1 nitrogen and oxygen atoms in total. The molecule has 0 N–H and O–H groups in total. The molecular formula is C11H22BrNS. The largest absolute Gasteiger partial charge is 0.303 e. The smallest absolute Gasteiger partial charge is 0.00958 e. The van der Waals surface area contributed by atoms with E-state index in [1.54, 1.807) is 0 Å². The Morgan fingerprint density at radius 3 is 2.36 bits per heavy atom. The van der Waals surface area contributed by atoms with E-state index >= 15 is 0 Å². The van der Waals surface area contributed by atoms with Crippen LogP contribution in [-0.2, 0) is 0 Å². The van der Waals surface area contributed by atoms with E-state index in [4.69, 9.17) is 0 Å². The van der Waals surface area contributed by atoms with Gasteiger partial charge in [-0.05, 0) is 37.1 Å². The van der Waals surface area contributed by atoms with Crippen LogP contribution in [0.4, 0.5) is 0 Å². The van der Waals surface area contributed by atoms with Crippen molar-refractivity contribution in [2.75, 3.05) is 36.5 Å². The van der Waals surface area contributed by atoms with Crippen LogP contribution in [0.25, 0.3) is 0 Å². The lowest BCUT2D eigenvalue weighted by molar-refractivity contribution is 0.324. The van der Waals surface area contributed by atoms with Gasteiger partial charge >= 0.3 is 0 Å². The van der Waals surface area contributed by atoms with Gasteiger partial charge in [0.1, 0.15) is 0 Å². The van der Waals surface area contributed by atoms with Crippen LogP contribution in [0.3, 0.4) is 0 Å². The molecular weight excluding hydrogens is 258 g/mol. The van der Waals surface area contributed by atoms with E-state index < -0.39 is 0 Å². The van der Waals surface area contributed by atoms with Crippen molar-refractivity contribution >= 4 is 27.7 Å². The van der Waals surface area contributed by atoms with Crippen molar-refractivity contribution in [2.45, 2.75) is 26.7 Å². The predicted molar refractivity (Wildman–Crippen MR) is 70.6 cm³/mol. The van der Waals surface area contributed by atoms with Gasteiger partial charge in [0, 0.05) is 17.6 Å². The van der Waals surface area contributed by atoms with Crippen molar-refractivity contribution in [2.24, 2.45) is 5.41 Å². The van der Waals surface area contributed by atoms with Crippen LogP contribution < -0.4 is 0 Å². The number of rotatable bonds is 8. The highest BCUT2D eigenvalue weighted by atomic mass is 79.9. The molecule has 0 radical (unpaired) electrons. The molecule has 0 bridgehead atoms. The fraction of sp³-hybridized carbons (Fsp3) is 1.00. The average Bonchev–Trinajstić information content (AvgIpc) is 2.99. The first-order valence-corrected chi connectivity index (χ1v) is 7.90. The molecule has 0 aromatic carbocycles.